The molecule has 2 rings (SSSR count). The van der Waals surface area contributed by atoms with Crippen LogP contribution in [-0.2, 0) is 11.3 Å². The van der Waals surface area contributed by atoms with Crippen molar-refractivity contribution >= 4 is 5.82 Å². The van der Waals surface area contributed by atoms with Gasteiger partial charge in [0.05, 0.1) is 13.2 Å². The smallest absolute Gasteiger partial charge is 0.133 e. The van der Waals surface area contributed by atoms with Crippen LogP contribution in [0.25, 0.3) is 0 Å². The van der Waals surface area contributed by atoms with E-state index in [2.05, 4.69) is 37.1 Å². The number of anilines is 1. The lowest BCUT2D eigenvalue weighted by atomic mass is 10.1. The Morgan fingerprint density at radius 1 is 1.32 bits per heavy atom. The summed E-state index contributed by atoms with van der Waals surface area (Å²) in [4.78, 5) is 7.12. The predicted octanol–water partition coefficient (Wildman–Crippen LogP) is 2.03. The van der Waals surface area contributed by atoms with E-state index in [1.54, 1.807) is 0 Å². The second-order valence-electron chi connectivity index (χ2n) is 5.16. The van der Waals surface area contributed by atoms with Gasteiger partial charge in [0, 0.05) is 30.9 Å². The Morgan fingerprint density at radius 3 is 2.74 bits per heavy atom. The van der Waals surface area contributed by atoms with Gasteiger partial charge in [0.15, 0.2) is 0 Å². The number of pyridine rings is 1. The van der Waals surface area contributed by atoms with Crippen LogP contribution in [0.1, 0.15) is 30.2 Å². The van der Waals surface area contributed by atoms with E-state index in [0.717, 1.165) is 57.3 Å². The Kier molecular flexibility index (Phi) is 5.16. The van der Waals surface area contributed by atoms with E-state index in [4.69, 9.17) is 9.72 Å². The van der Waals surface area contributed by atoms with Gasteiger partial charge in [-0.05, 0) is 38.4 Å². The minimum Gasteiger partial charge on any atom is -0.378 e. The molecule has 4 nitrogen and oxygen atoms in total. The minimum atomic E-state index is 0.802. The predicted molar refractivity (Wildman–Crippen MR) is 78.7 cm³/mol. The van der Waals surface area contributed by atoms with Gasteiger partial charge < -0.3 is 15.0 Å². The zero-order valence-corrected chi connectivity index (χ0v) is 12.3. The first-order chi connectivity index (χ1) is 9.22. The molecule has 1 fully saturated rings. The molecule has 1 aromatic heterocycles. The molecule has 0 radical (unpaired) electrons. The van der Waals surface area contributed by atoms with Crippen molar-refractivity contribution in [3.8, 4) is 0 Å². The van der Waals surface area contributed by atoms with Gasteiger partial charge in [-0.1, -0.05) is 6.92 Å². The van der Waals surface area contributed by atoms with Gasteiger partial charge in [-0.3, -0.25) is 0 Å². The molecular weight excluding hydrogens is 238 g/mol. The Hall–Kier alpha value is -1.13. The number of hydrogen-bond acceptors (Lipinski definition) is 4. The standard InChI is InChI=1S/C15H25N3O/c1-4-5-16-11-14-12(2)10-13(3)17-15(14)18-6-8-19-9-7-18/h10,16H,4-9,11H2,1-3H3. The maximum atomic E-state index is 5.44. The molecule has 1 aliphatic rings. The Bertz CT molecular complexity index is 414. The lowest BCUT2D eigenvalue weighted by Crippen LogP contribution is -2.38. The van der Waals surface area contributed by atoms with Crippen molar-refractivity contribution in [1.29, 1.82) is 0 Å². The average Bonchev–Trinajstić information content (AvgIpc) is 2.42. The van der Waals surface area contributed by atoms with Gasteiger partial charge in [-0.15, -0.1) is 0 Å². The molecule has 0 atom stereocenters. The number of nitrogens with one attached hydrogen (secondary N) is 1. The first-order valence-corrected chi connectivity index (χ1v) is 7.23. The van der Waals surface area contributed by atoms with E-state index in [0.29, 0.717) is 0 Å². The highest BCUT2D eigenvalue weighted by atomic mass is 16.5. The molecule has 0 aliphatic carbocycles. The van der Waals surface area contributed by atoms with Crippen molar-refractivity contribution < 1.29 is 4.74 Å². The van der Waals surface area contributed by atoms with E-state index in [1.807, 2.05) is 0 Å². The van der Waals surface area contributed by atoms with Crippen molar-refractivity contribution in [2.45, 2.75) is 33.7 Å². The van der Waals surface area contributed by atoms with Gasteiger partial charge >= 0.3 is 0 Å². The SMILES string of the molecule is CCCNCc1c(C)cc(C)nc1N1CCOCC1. The first-order valence-electron chi connectivity index (χ1n) is 7.23. The fourth-order valence-electron chi connectivity index (χ4n) is 2.49. The monoisotopic (exact) mass is 263 g/mol. The molecule has 4 heteroatoms. The third-order valence-corrected chi connectivity index (χ3v) is 3.49. The van der Waals surface area contributed by atoms with Gasteiger partial charge in [-0.2, -0.15) is 0 Å². The van der Waals surface area contributed by atoms with Crippen LogP contribution in [0.3, 0.4) is 0 Å². The molecule has 1 aromatic rings. The van der Waals surface area contributed by atoms with Crippen LogP contribution >= 0.6 is 0 Å². The number of aromatic nitrogens is 1. The summed E-state index contributed by atoms with van der Waals surface area (Å²) in [5, 5.41) is 3.49. The second kappa shape index (κ2) is 6.87. The molecule has 19 heavy (non-hydrogen) atoms. The normalized spacial score (nSPS) is 15.8. The lowest BCUT2D eigenvalue weighted by Gasteiger charge is -2.30. The quantitative estimate of drug-likeness (QED) is 0.825. The largest absolute Gasteiger partial charge is 0.378 e. The molecule has 0 amide bonds. The summed E-state index contributed by atoms with van der Waals surface area (Å²) in [5.41, 5.74) is 3.76. The van der Waals surface area contributed by atoms with E-state index in [1.165, 1.54) is 11.1 Å². The van der Waals surface area contributed by atoms with Crippen LogP contribution in [0, 0.1) is 13.8 Å². The number of morpholine rings is 1. The highest BCUT2D eigenvalue weighted by Crippen LogP contribution is 2.23. The van der Waals surface area contributed by atoms with Crippen LogP contribution < -0.4 is 10.2 Å². The van der Waals surface area contributed by atoms with E-state index < -0.39 is 0 Å². The number of rotatable bonds is 5. The second-order valence-corrected chi connectivity index (χ2v) is 5.16. The molecule has 1 aliphatic heterocycles. The number of nitrogens with zero attached hydrogens (tertiary/aromatic N) is 2. The Labute approximate surface area is 116 Å². The third-order valence-electron chi connectivity index (χ3n) is 3.49. The molecule has 106 valence electrons. The van der Waals surface area contributed by atoms with Gasteiger partial charge in [0.2, 0.25) is 0 Å². The molecule has 2 heterocycles. The van der Waals surface area contributed by atoms with Gasteiger partial charge in [0.25, 0.3) is 0 Å². The highest BCUT2D eigenvalue weighted by Gasteiger charge is 2.17. The number of hydrogen-bond donors (Lipinski definition) is 1. The molecule has 0 aromatic carbocycles. The molecule has 1 saturated heterocycles. The van der Waals surface area contributed by atoms with Crippen molar-refractivity contribution in [2.75, 3.05) is 37.7 Å². The van der Waals surface area contributed by atoms with Gasteiger partial charge in [0.1, 0.15) is 5.82 Å². The summed E-state index contributed by atoms with van der Waals surface area (Å²) in [7, 11) is 0. The van der Waals surface area contributed by atoms with Crippen LogP contribution in [0.4, 0.5) is 5.82 Å². The maximum Gasteiger partial charge on any atom is 0.133 e. The molecule has 1 N–H and O–H groups in total. The molecule has 0 unspecified atom stereocenters. The molecular formula is C15H25N3O. The summed E-state index contributed by atoms with van der Waals surface area (Å²) in [5.74, 6) is 1.14. The van der Waals surface area contributed by atoms with Crippen molar-refractivity contribution in [1.82, 2.24) is 10.3 Å². The third kappa shape index (κ3) is 3.67. The number of ether oxygens (including phenoxy) is 1. The summed E-state index contributed by atoms with van der Waals surface area (Å²) in [6.45, 7) is 11.9. The van der Waals surface area contributed by atoms with Gasteiger partial charge in [-0.25, -0.2) is 4.98 Å². The van der Waals surface area contributed by atoms with Crippen molar-refractivity contribution in [2.24, 2.45) is 0 Å². The average molecular weight is 263 g/mol. The summed E-state index contributed by atoms with van der Waals surface area (Å²) >= 11 is 0. The summed E-state index contributed by atoms with van der Waals surface area (Å²) in [6.07, 6.45) is 1.16. The van der Waals surface area contributed by atoms with E-state index in [9.17, 15) is 0 Å². The lowest BCUT2D eigenvalue weighted by molar-refractivity contribution is 0.122. The van der Waals surface area contributed by atoms with E-state index in [-0.39, 0.29) is 0 Å². The van der Waals surface area contributed by atoms with Crippen molar-refractivity contribution in [3.05, 3.63) is 22.9 Å². The van der Waals surface area contributed by atoms with Crippen LogP contribution in [0.2, 0.25) is 0 Å². The van der Waals surface area contributed by atoms with Crippen LogP contribution in [0.15, 0.2) is 6.07 Å². The summed E-state index contributed by atoms with van der Waals surface area (Å²) in [6, 6.07) is 2.17. The molecule has 0 saturated carbocycles. The molecule has 0 spiro atoms. The Balaban J connectivity index is 2.22. The zero-order chi connectivity index (χ0) is 13.7. The van der Waals surface area contributed by atoms with Crippen LogP contribution in [-0.4, -0.2) is 37.8 Å². The molecule has 0 bridgehead atoms. The highest BCUT2D eigenvalue weighted by molar-refractivity contribution is 5.52. The summed E-state index contributed by atoms with van der Waals surface area (Å²) < 4.78 is 5.44. The van der Waals surface area contributed by atoms with Crippen molar-refractivity contribution in [3.63, 3.8) is 0 Å². The first kappa shape index (κ1) is 14.3. The fourth-order valence-corrected chi connectivity index (χ4v) is 2.49. The van der Waals surface area contributed by atoms with Crippen LogP contribution in [0.5, 0.6) is 0 Å². The Morgan fingerprint density at radius 2 is 2.05 bits per heavy atom. The topological polar surface area (TPSA) is 37.4 Å². The fraction of sp³-hybridized carbons (Fsp3) is 0.667. The van der Waals surface area contributed by atoms with E-state index >= 15 is 0 Å². The zero-order valence-electron chi connectivity index (χ0n) is 12.3. The minimum absolute atomic E-state index is 0.802. The maximum absolute atomic E-state index is 5.44. The number of aryl methyl sites for hydroxylation is 2.